The summed E-state index contributed by atoms with van der Waals surface area (Å²) in [6.45, 7) is 3.54. The molecule has 1 aromatic heterocycles. The van der Waals surface area contributed by atoms with Crippen LogP contribution in [0.5, 0.6) is 5.75 Å². The number of rotatable bonds is 6. The van der Waals surface area contributed by atoms with Crippen LogP contribution in [0, 0.1) is 0 Å². The molecule has 3 aromatic rings. The first-order chi connectivity index (χ1) is 13.0. The number of hydrogen-bond donors (Lipinski definition) is 0. The standard InChI is InChI=1S/C22H21NO4/c1-4-27-22(25)19-13-16-7-5-6-8-18(16)21(23-19)20(14(2)24)15-9-11-17(26-3)12-10-15/h5-13,20H,4H2,1-3H3. The van der Waals surface area contributed by atoms with Crippen LogP contribution in [0.3, 0.4) is 0 Å². The van der Waals surface area contributed by atoms with E-state index in [4.69, 9.17) is 9.47 Å². The lowest BCUT2D eigenvalue weighted by molar-refractivity contribution is -0.117. The van der Waals surface area contributed by atoms with Crippen LogP contribution in [0.2, 0.25) is 0 Å². The zero-order valence-corrected chi connectivity index (χ0v) is 15.6. The van der Waals surface area contributed by atoms with E-state index in [0.29, 0.717) is 11.4 Å². The van der Waals surface area contributed by atoms with Gasteiger partial charge in [0.05, 0.1) is 25.3 Å². The number of esters is 1. The van der Waals surface area contributed by atoms with Crippen molar-refractivity contribution in [1.29, 1.82) is 0 Å². The van der Waals surface area contributed by atoms with Crippen molar-refractivity contribution in [2.75, 3.05) is 13.7 Å². The van der Waals surface area contributed by atoms with E-state index in [-0.39, 0.29) is 18.1 Å². The molecule has 5 nitrogen and oxygen atoms in total. The molecule has 0 spiro atoms. The van der Waals surface area contributed by atoms with Gasteiger partial charge in [0.2, 0.25) is 0 Å². The van der Waals surface area contributed by atoms with Crippen molar-refractivity contribution in [1.82, 2.24) is 4.98 Å². The van der Waals surface area contributed by atoms with Gasteiger partial charge in [-0.25, -0.2) is 9.78 Å². The lowest BCUT2D eigenvalue weighted by atomic mass is 9.88. The van der Waals surface area contributed by atoms with Gasteiger partial charge in [-0.2, -0.15) is 0 Å². The molecule has 0 aliphatic heterocycles. The number of hydrogen-bond acceptors (Lipinski definition) is 5. The van der Waals surface area contributed by atoms with E-state index in [2.05, 4.69) is 4.98 Å². The normalized spacial score (nSPS) is 11.8. The van der Waals surface area contributed by atoms with Crippen molar-refractivity contribution in [3.63, 3.8) is 0 Å². The van der Waals surface area contributed by atoms with Gasteiger partial charge in [0.1, 0.15) is 17.2 Å². The first kappa shape index (κ1) is 18.6. The Bertz CT molecular complexity index is 979. The van der Waals surface area contributed by atoms with Gasteiger partial charge in [-0.05, 0) is 43.0 Å². The van der Waals surface area contributed by atoms with Crippen LogP contribution >= 0.6 is 0 Å². The number of nitrogens with zero attached hydrogens (tertiary/aromatic N) is 1. The molecule has 0 N–H and O–H groups in total. The van der Waals surface area contributed by atoms with Gasteiger partial charge in [-0.1, -0.05) is 36.4 Å². The number of ether oxygens (including phenoxy) is 2. The van der Waals surface area contributed by atoms with E-state index in [9.17, 15) is 9.59 Å². The summed E-state index contributed by atoms with van der Waals surface area (Å²) in [5.41, 5.74) is 1.54. The number of Topliss-reactive ketones (excluding diaryl/α,β-unsaturated/α-hetero) is 1. The van der Waals surface area contributed by atoms with Crippen molar-refractivity contribution in [3.8, 4) is 5.75 Å². The minimum atomic E-state index is -0.588. The Morgan fingerprint density at radius 3 is 2.41 bits per heavy atom. The van der Waals surface area contributed by atoms with E-state index < -0.39 is 11.9 Å². The predicted octanol–water partition coefficient (Wildman–Crippen LogP) is 4.14. The summed E-state index contributed by atoms with van der Waals surface area (Å²) < 4.78 is 10.3. The Labute approximate surface area is 157 Å². The molecule has 0 bridgehead atoms. The van der Waals surface area contributed by atoms with E-state index >= 15 is 0 Å². The van der Waals surface area contributed by atoms with Crippen LogP contribution in [0.15, 0.2) is 54.6 Å². The number of carbonyl (C=O) groups is 2. The molecule has 0 aliphatic carbocycles. The Hall–Kier alpha value is -3.21. The fourth-order valence-corrected chi connectivity index (χ4v) is 3.14. The van der Waals surface area contributed by atoms with Gasteiger partial charge >= 0.3 is 5.97 Å². The molecule has 0 aliphatic rings. The number of methoxy groups -OCH3 is 1. The van der Waals surface area contributed by atoms with Crippen LogP contribution in [-0.2, 0) is 9.53 Å². The summed E-state index contributed by atoms with van der Waals surface area (Å²) in [5, 5.41) is 1.67. The van der Waals surface area contributed by atoms with Gasteiger partial charge in [-0.3, -0.25) is 4.79 Å². The topological polar surface area (TPSA) is 65.5 Å². The summed E-state index contributed by atoms with van der Waals surface area (Å²) in [4.78, 5) is 29.4. The highest BCUT2D eigenvalue weighted by molar-refractivity contribution is 5.98. The van der Waals surface area contributed by atoms with Crippen molar-refractivity contribution in [2.24, 2.45) is 0 Å². The van der Waals surface area contributed by atoms with Crippen molar-refractivity contribution in [2.45, 2.75) is 19.8 Å². The van der Waals surface area contributed by atoms with Gasteiger partial charge in [0, 0.05) is 5.39 Å². The van der Waals surface area contributed by atoms with Crippen LogP contribution in [0.25, 0.3) is 10.8 Å². The number of fused-ring (bicyclic) bond motifs is 1. The highest BCUT2D eigenvalue weighted by Crippen LogP contribution is 2.31. The second-order valence-corrected chi connectivity index (χ2v) is 6.15. The molecule has 0 fully saturated rings. The minimum absolute atomic E-state index is 0.0566. The zero-order chi connectivity index (χ0) is 19.4. The van der Waals surface area contributed by atoms with Crippen LogP contribution < -0.4 is 4.74 Å². The molecule has 2 aromatic carbocycles. The van der Waals surface area contributed by atoms with Crippen LogP contribution in [-0.4, -0.2) is 30.5 Å². The molecule has 3 rings (SSSR count). The third kappa shape index (κ3) is 3.82. The molecular weight excluding hydrogens is 342 g/mol. The first-order valence-corrected chi connectivity index (χ1v) is 8.76. The molecule has 138 valence electrons. The number of benzene rings is 2. The third-order valence-electron chi connectivity index (χ3n) is 4.38. The van der Waals surface area contributed by atoms with Crippen molar-refractivity contribution < 1.29 is 19.1 Å². The van der Waals surface area contributed by atoms with E-state index in [1.165, 1.54) is 6.92 Å². The SMILES string of the molecule is CCOC(=O)c1cc2ccccc2c(C(C(C)=O)c2ccc(OC)cc2)n1. The average Bonchev–Trinajstić information content (AvgIpc) is 2.68. The summed E-state index contributed by atoms with van der Waals surface area (Å²) in [6, 6.07) is 16.6. The van der Waals surface area contributed by atoms with Gasteiger partial charge in [-0.15, -0.1) is 0 Å². The Balaban J connectivity index is 2.21. The molecule has 0 radical (unpaired) electrons. The fraction of sp³-hybridized carbons (Fsp3) is 0.227. The maximum absolute atomic E-state index is 12.6. The molecule has 1 heterocycles. The Morgan fingerprint density at radius 1 is 1.07 bits per heavy atom. The second kappa shape index (κ2) is 7.99. The van der Waals surface area contributed by atoms with Gasteiger partial charge in [0.25, 0.3) is 0 Å². The third-order valence-corrected chi connectivity index (χ3v) is 4.38. The van der Waals surface area contributed by atoms with E-state index in [0.717, 1.165) is 16.3 Å². The first-order valence-electron chi connectivity index (χ1n) is 8.76. The molecule has 27 heavy (non-hydrogen) atoms. The van der Waals surface area contributed by atoms with E-state index in [1.807, 2.05) is 48.5 Å². The van der Waals surface area contributed by atoms with Crippen molar-refractivity contribution in [3.05, 3.63) is 71.5 Å². The summed E-state index contributed by atoms with van der Waals surface area (Å²) in [6.07, 6.45) is 0. The molecular formula is C22H21NO4. The van der Waals surface area contributed by atoms with Gasteiger partial charge in [0.15, 0.2) is 0 Å². The lowest BCUT2D eigenvalue weighted by Gasteiger charge is -2.18. The number of carbonyl (C=O) groups excluding carboxylic acids is 2. The molecule has 0 saturated heterocycles. The molecule has 0 amide bonds. The van der Waals surface area contributed by atoms with Crippen molar-refractivity contribution >= 4 is 22.5 Å². The fourth-order valence-electron chi connectivity index (χ4n) is 3.14. The van der Waals surface area contributed by atoms with E-state index in [1.54, 1.807) is 20.1 Å². The minimum Gasteiger partial charge on any atom is -0.497 e. The molecule has 1 unspecified atom stereocenters. The molecule has 5 heteroatoms. The highest BCUT2D eigenvalue weighted by atomic mass is 16.5. The quantitative estimate of drug-likeness (QED) is 0.616. The van der Waals surface area contributed by atoms with Gasteiger partial charge < -0.3 is 9.47 Å². The number of ketones is 1. The Kier molecular flexibility index (Phi) is 5.50. The smallest absolute Gasteiger partial charge is 0.356 e. The lowest BCUT2D eigenvalue weighted by Crippen LogP contribution is -2.16. The highest BCUT2D eigenvalue weighted by Gasteiger charge is 2.25. The molecule has 1 atom stereocenters. The van der Waals surface area contributed by atoms with Crippen LogP contribution in [0.1, 0.15) is 41.5 Å². The number of pyridine rings is 1. The summed E-state index contributed by atoms with van der Waals surface area (Å²) in [7, 11) is 1.59. The molecule has 0 saturated carbocycles. The largest absolute Gasteiger partial charge is 0.497 e. The second-order valence-electron chi connectivity index (χ2n) is 6.15. The average molecular weight is 363 g/mol. The summed E-state index contributed by atoms with van der Waals surface area (Å²) >= 11 is 0. The summed E-state index contributed by atoms with van der Waals surface area (Å²) in [5.74, 6) is -0.435. The zero-order valence-electron chi connectivity index (χ0n) is 15.6. The Morgan fingerprint density at radius 2 is 1.78 bits per heavy atom. The van der Waals surface area contributed by atoms with Crippen LogP contribution in [0.4, 0.5) is 0 Å². The number of aromatic nitrogens is 1. The predicted molar refractivity (Wildman–Crippen MR) is 103 cm³/mol. The monoisotopic (exact) mass is 363 g/mol. The maximum atomic E-state index is 12.6. The maximum Gasteiger partial charge on any atom is 0.356 e.